The van der Waals surface area contributed by atoms with Crippen LogP contribution in [0.15, 0.2) is 0 Å². The van der Waals surface area contributed by atoms with Gasteiger partial charge in [-0.05, 0) is 60.7 Å². The van der Waals surface area contributed by atoms with Crippen molar-refractivity contribution in [3.8, 4) is 59.2 Å². The highest BCUT2D eigenvalue weighted by atomic mass is 31.2. The van der Waals surface area contributed by atoms with Gasteiger partial charge in [0.25, 0.3) is 0 Å². The van der Waals surface area contributed by atoms with Crippen molar-refractivity contribution in [2.45, 2.75) is 58.5 Å². The number of phosphoric ester groups is 1. The second-order valence-corrected chi connectivity index (χ2v) is 7.28. The zero-order valence-electron chi connectivity index (χ0n) is 18.0. The van der Waals surface area contributed by atoms with Gasteiger partial charge in [-0.3, -0.25) is 9.32 Å². The van der Waals surface area contributed by atoms with Crippen LogP contribution < -0.4 is 0 Å². The van der Waals surface area contributed by atoms with E-state index >= 15 is 0 Å². The maximum absolute atomic E-state index is 11.9. The summed E-state index contributed by atoms with van der Waals surface area (Å²) >= 11 is 0. The van der Waals surface area contributed by atoms with E-state index in [1.165, 1.54) is 0 Å². The second-order valence-electron chi connectivity index (χ2n) is 6.04. The molecule has 0 heterocycles. The molecule has 9 heteroatoms. The van der Waals surface area contributed by atoms with E-state index in [0.717, 1.165) is 25.7 Å². The quantitative estimate of drug-likeness (QED) is 0.149. The van der Waals surface area contributed by atoms with Crippen molar-refractivity contribution in [2.75, 3.05) is 13.2 Å². The van der Waals surface area contributed by atoms with E-state index in [4.69, 9.17) is 19.3 Å². The van der Waals surface area contributed by atoms with Crippen LogP contribution in [-0.2, 0) is 28.2 Å². The zero-order valence-corrected chi connectivity index (χ0v) is 18.9. The smallest absolute Gasteiger partial charge is 0.456 e. The van der Waals surface area contributed by atoms with Gasteiger partial charge in [0.05, 0.1) is 6.61 Å². The summed E-state index contributed by atoms with van der Waals surface area (Å²) in [6.07, 6.45) is 3.57. The first kappa shape index (κ1) is 28.8. The van der Waals surface area contributed by atoms with E-state index in [1.807, 2.05) is 0 Å². The average Bonchev–Trinajstić information content (AvgIpc) is 2.73. The van der Waals surface area contributed by atoms with Crippen LogP contribution in [0.25, 0.3) is 0 Å². The maximum atomic E-state index is 11.9. The van der Waals surface area contributed by atoms with Crippen molar-refractivity contribution in [2.24, 2.45) is 0 Å². The number of esters is 2. The molecule has 0 radical (unpaired) electrons. The number of carbonyl (C=O) groups excluding carboxylic acids is 2. The Bertz CT molecular complexity index is 968. The van der Waals surface area contributed by atoms with E-state index in [2.05, 4.69) is 70.7 Å². The highest BCUT2D eigenvalue weighted by Crippen LogP contribution is 2.35. The van der Waals surface area contributed by atoms with Crippen molar-refractivity contribution in [3.63, 3.8) is 0 Å². The molecule has 0 aliphatic heterocycles. The summed E-state index contributed by atoms with van der Waals surface area (Å²) in [6.45, 7) is 2.58. The van der Waals surface area contributed by atoms with Crippen LogP contribution in [0.4, 0.5) is 0 Å². The van der Waals surface area contributed by atoms with Crippen LogP contribution >= 0.6 is 7.82 Å². The largest absolute Gasteiger partial charge is 0.469 e. The van der Waals surface area contributed by atoms with Gasteiger partial charge in [0.1, 0.15) is 6.61 Å². The van der Waals surface area contributed by atoms with Gasteiger partial charge in [-0.15, -0.1) is 0 Å². The van der Waals surface area contributed by atoms with Gasteiger partial charge in [0.15, 0.2) is 6.10 Å². The van der Waals surface area contributed by atoms with Crippen LogP contribution in [0.1, 0.15) is 52.4 Å². The molecule has 0 aromatic rings. The predicted molar refractivity (Wildman–Crippen MR) is 117 cm³/mol. The molecular weight excluding hydrogens is 435 g/mol. The summed E-state index contributed by atoms with van der Waals surface area (Å²) in [7, 11) is -4.79. The summed E-state index contributed by atoms with van der Waals surface area (Å²) in [5.74, 6) is 22.2. The van der Waals surface area contributed by atoms with Crippen LogP contribution in [0.3, 0.4) is 0 Å². The third-order valence-electron chi connectivity index (χ3n) is 3.34. The lowest BCUT2D eigenvalue weighted by Gasteiger charge is -2.17. The van der Waals surface area contributed by atoms with Gasteiger partial charge < -0.3 is 19.3 Å². The number of phosphoric acid groups is 1. The van der Waals surface area contributed by atoms with E-state index in [9.17, 15) is 14.2 Å². The Kier molecular flexibility index (Phi) is 16.8. The highest BCUT2D eigenvalue weighted by Gasteiger charge is 2.22. The van der Waals surface area contributed by atoms with Gasteiger partial charge in [-0.2, -0.15) is 0 Å². The number of ether oxygens (including phenoxy) is 2. The number of hydrogen-bond donors (Lipinski definition) is 2. The number of unbranched alkanes of at least 4 members (excludes halogenated alkanes) is 4. The topological polar surface area (TPSA) is 119 Å². The Morgan fingerprint density at radius 1 is 0.875 bits per heavy atom. The molecule has 0 spiro atoms. The monoisotopic (exact) mass is 460 g/mol. The minimum atomic E-state index is -4.79. The van der Waals surface area contributed by atoms with E-state index < -0.39 is 39.1 Å². The predicted octanol–water partition coefficient (Wildman–Crippen LogP) is 1.95. The molecule has 0 aromatic carbocycles. The summed E-state index contributed by atoms with van der Waals surface area (Å²) in [5, 5.41) is 0. The summed E-state index contributed by atoms with van der Waals surface area (Å²) in [6, 6.07) is 0. The average molecular weight is 460 g/mol. The summed E-state index contributed by atoms with van der Waals surface area (Å²) in [4.78, 5) is 41.2. The Hall–Kier alpha value is -3.15. The Morgan fingerprint density at radius 2 is 1.47 bits per heavy atom. The van der Waals surface area contributed by atoms with E-state index in [0.29, 0.717) is 6.42 Å². The fraction of sp³-hybridized carbons (Fsp3) is 0.478. The molecule has 0 amide bonds. The molecule has 0 bridgehead atoms. The van der Waals surface area contributed by atoms with Crippen molar-refractivity contribution >= 4 is 19.8 Å². The number of rotatable bonds is 12. The van der Waals surface area contributed by atoms with Gasteiger partial charge >= 0.3 is 19.8 Å². The molecule has 32 heavy (non-hydrogen) atoms. The van der Waals surface area contributed by atoms with Crippen molar-refractivity contribution in [1.29, 1.82) is 0 Å². The lowest BCUT2D eigenvalue weighted by atomic mass is 10.1. The van der Waals surface area contributed by atoms with E-state index in [1.54, 1.807) is 6.92 Å². The molecule has 2 N–H and O–H groups in total. The molecule has 0 rings (SSSR count). The first-order chi connectivity index (χ1) is 15.3. The van der Waals surface area contributed by atoms with E-state index in [-0.39, 0.29) is 6.42 Å². The van der Waals surface area contributed by atoms with Crippen LogP contribution in [0.2, 0.25) is 0 Å². The molecule has 8 nitrogen and oxygen atoms in total. The molecule has 0 aliphatic carbocycles. The molecule has 0 aliphatic rings. The number of hydrogen-bond acceptors (Lipinski definition) is 6. The van der Waals surface area contributed by atoms with Crippen LogP contribution in [0, 0.1) is 59.2 Å². The minimum Gasteiger partial charge on any atom is -0.456 e. The van der Waals surface area contributed by atoms with Crippen molar-refractivity contribution in [3.05, 3.63) is 0 Å². The molecule has 0 saturated heterocycles. The third-order valence-corrected chi connectivity index (χ3v) is 3.82. The Morgan fingerprint density at radius 3 is 2.06 bits per heavy atom. The van der Waals surface area contributed by atoms with Gasteiger partial charge in [0.2, 0.25) is 0 Å². The lowest BCUT2D eigenvalue weighted by molar-refractivity contribution is -0.158. The molecule has 0 aromatic heterocycles. The first-order valence-electron chi connectivity index (χ1n) is 9.77. The van der Waals surface area contributed by atoms with Crippen molar-refractivity contribution in [1.82, 2.24) is 0 Å². The minimum absolute atomic E-state index is 0.135. The van der Waals surface area contributed by atoms with Crippen LogP contribution in [-0.4, -0.2) is 41.0 Å². The van der Waals surface area contributed by atoms with Gasteiger partial charge in [-0.25, -0.2) is 9.36 Å². The zero-order chi connectivity index (χ0) is 24.1. The highest BCUT2D eigenvalue weighted by molar-refractivity contribution is 7.46. The normalized spacial score (nSPS) is 10.0. The molecule has 0 unspecified atom stereocenters. The molecular formula is C23H25O8P. The Labute approximate surface area is 189 Å². The van der Waals surface area contributed by atoms with Gasteiger partial charge in [-0.1, -0.05) is 38.5 Å². The fourth-order valence-electron chi connectivity index (χ4n) is 1.95. The Balaban J connectivity index is 4.65. The first-order valence-corrected chi connectivity index (χ1v) is 11.3. The third kappa shape index (κ3) is 20.1. The SMILES string of the molecule is CC#CC#CC#CC#CC#CC(=O)OC[C@H](COP(=O)(O)O)OC(=O)CCCCCCC. The maximum Gasteiger partial charge on any atom is 0.469 e. The standard InChI is InChI=1S/C23H25O8P/c1-3-5-7-9-10-11-12-14-15-17-22(24)29-19-21(20-30-32(26,27)28)31-23(25)18-16-13-8-6-4-2/h21H,4,6,8,13,16,18-20H2,1-2H3,(H2,26,27,28)/t21-/m1/s1. The lowest BCUT2D eigenvalue weighted by Crippen LogP contribution is -2.29. The molecule has 0 fully saturated rings. The molecule has 1 atom stereocenters. The second kappa shape index (κ2) is 18.6. The van der Waals surface area contributed by atoms with Gasteiger partial charge in [0, 0.05) is 12.3 Å². The number of carbonyl (C=O) groups is 2. The summed E-state index contributed by atoms with van der Waals surface area (Å²) < 4.78 is 25.2. The molecule has 170 valence electrons. The fourth-order valence-corrected chi connectivity index (χ4v) is 2.31. The van der Waals surface area contributed by atoms with Crippen molar-refractivity contribution < 1.29 is 37.9 Å². The summed E-state index contributed by atoms with van der Waals surface area (Å²) in [5.41, 5.74) is 0. The molecule has 0 saturated carbocycles. The van der Waals surface area contributed by atoms with Crippen LogP contribution in [0.5, 0.6) is 0 Å².